The number of aldehydes is 1. The fourth-order valence-electron chi connectivity index (χ4n) is 2.53. The second kappa shape index (κ2) is 5.85. The summed E-state index contributed by atoms with van der Waals surface area (Å²) < 4.78 is 6.71. The Bertz CT molecular complexity index is 834. The highest BCUT2D eigenvalue weighted by atomic mass is 16.5. The van der Waals surface area contributed by atoms with Crippen molar-refractivity contribution in [1.29, 1.82) is 0 Å². The van der Waals surface area contributed by atoms with E-state index in [1.807, 2.05) is 49.4 Å². The standard InChI is InChI=1S/C18H15NO3/c1-13-6-5-9-16-17(13)15(11-20)10-19(16)18(21)22-12-14-7-3-2-4-8-14/h2-11H,12H2,1H3. The third kappa shape index (κ3) is 2.51. The summed E-state index contributed by atoms with van der Waals surface area (Å²) in [5.74, 6) is 0. The van der Waals surface area contributed by atoms with Gasteiger partial charge in [0.1, 0.15) is 6.61 Å². The monoisotopic (exact) mass is 293 g/mol. The molecular formula is C18H15NO3. The van der Waals surface area contributed by atoms with Gasteiger partial charge in [0, 0.05) is 17.1 Å². The van der Waals surface area contributed by atoms with Gasteiger partial charge in [0.2, 0.25) is 0 Å². The molecule has 0 saturated heterocycles. The number of ether oxygens (including phenoxy) is 1. The van der Waals surface area contributed by atoms with Gasteiger partial charge in [-0.1, -0.05) is 42.5 Å². The van der Waals surface area contributed by atoms with E-state index < -0.39 is 6.09 Å². The molecule has 4 nitrogen and oxygen atoms in total. The molecule has 0 atom stereocenters. The van der Waals surface area contributed by atoms with E-state index in [0.717, 1.165) is 22.8 Å². The molecule has 0 fully saturated rings. The molecule has 0 bridgehead atoms. The van der Waals surface area contributed by atoms with Crippen LogP contribution in [0.3, 0.4) is 0 Å². The van der Waals surface area contributed by atoms with E-state index in [9.17, 15) is 9.59 Å². The minimum Gasteiger partial charge on any atom is -0.444 e. The zero-order valence-electron chi connectivity index (χ0n) is 12.2. The predicted octanol–water partition coefficient (Wildman–Crippen LogP) is 3.95. The van der Waals surface area contributed by atoms with Crippen LogP contribution in [0.1, 0.15) is 21.5 Å². The maximum atomic E-state index is 12.3. The van der Waals surface area contributed by atoms with Gasteiger partial charge in [0.15, 0.2) is 6.29 Å². The van der Waals surface area contributed by atoms with Crippen LogP contribution in [0.2, 0.25) is 0 Å². The fourth-order valence-corrected chi connectivity index (χ4v) is 2.53. The minimum atomic E-state index is -0.493. The Morgan fingerprint density at radius 3 is 2.64 bits per heavy atom. The molecule has 0 saturated carbocycles. The van der Waals surface area contributed by atoms with Crippen molar-refractivity contribution in [3.05, 3.63) is 71.4 Å². The average molecular weight is 293 g/mol. The highest BCUT2D eigenvalue weighted by Crippen LogP contribution is 2.24. The Hall–Kier alpha value is -2.88. The van der Waals surface area contributed by atoms with Gasteiger partial charge in [-0.15, -0.1) is 0 Å². The van der Waals surface area contributed by atoms with Crippen molar-refractivity contribution in [3.63, 3.8) is 0 Å². The summed E-state index contributed by atoms with van der Waals surface area (Å²) >= 11 is 0. The van der Waals surface area contributed by atoms with Crippen molar-refractivity contribution in [1.82, 2.24) is 4.57 Å². The molecule has 0 aliphatic carbocycles. The summed E-state index contributed by atoms with van der Waals surface area (Å²) in [6.07, 6.45) is 1.79. The molecule has 110 valence electrons. The predicted molar refractivity (Wildman–Crippen MR) is 84.1 cm³/mol. The van der Waals surface area contributed by atoms with Crippen molar-refractivity contribution in [2.75, 3.05) is 0 Å². The van der Waals surface area contributed by atoms with E-state index in [4.69, 9.17) is 4.74 Å². The number of hydrogen-bond donors (Lipinski definition) is 0. The Morgan fingerprint density at radius 1 is 1.14 bits per heavy atom. The third-order valence-corrected chi connectivity index (χ3v) is 3.60. The van der Waals surface area contributed by atoms with E-state index >= 15 is 0 Å². The zero-order valence-corrected chi connectivity index (χ0v) is 12.2. The number of carbonyl (C=O) groups excluding carboxylic acids is 2. The quantitative estimate of drug-likeness (QED) is 0.687. The number of hydrogen-bond acceptors (Lipinski definition) is 3. The van der Waals surface area contributed by atoms with Crippen LogP contribution in [0.15, 0.2) is 54.7 Å². The molecular weight excluding hydrogens is 278 g/mol. The minimum absolute atomic E-state index is 0.196. The smallest absolute Gasteiger partial charge is 0.418 e. The topological polar surface area (TPSA) is 48.3 Å². The molecule has 22 heavy (non-hydrogen) atoms. The molecule has 0 radical (unpaired) electrons. The molecule has 0 aliphatic rings. The molecule has 1 aromatic heterocycles. The largest absolute Gasteiger partial charge is 0.444 e. The fraction of sp³-hybridized carbons (Fsp3) is 0.111. The van der Waals surface area contributed by atoms with Crippen LogP contribution >= 0.6 is 0 Å². The molecule has 0 unspecified atom stereocenters. The van der Waals surface area contributed by atoms with E-state index in [2.05, 4.69) is 0 Å². The maximum Gasteiger partial charge on any atom is 0.418 e. The van der Waals surface area contributed by atoms with Gasteiger partial charge < -0.3 is 4.74 Å². The number of fused-ring (bicyclic) bond motifs is 1. The van der Waals surface area contributed by atoms with Crippen molar-refractivity contribution in [2.24, 2.45) is 0 Å². The van der Waals surface area contributed by atoms with Gasteiger partial charge in [0.25, 0.3) is 0 Å². The number of aryl methyl sites for hydroxylation is 1. The molecule has 3 aromatic rings. The summed E-state index contributed by atoms with van der Waals surface area (Å²) in [5.41, 5.74) is 3.04. The lowest BCUT2D eigenvalue weighted by Crippen LogP contribution is -2.12. The first-order valence-electron chi connectivity index (χ1n) is 6.97. The summed E-state index contributed by atoms with van der Waals surface area (Å²) in [4.78, 5) is 23.5. The van der Waals surface area contributed by atoms with Gasteiger partial charge in [-0.05, 0) is 24.1 Å². The summed E-state index contributed by atoms with van der Waals surface area (Å²) in [7, 11) is 0. The van der Waals surface area contributed by atoms with E-state index in [1.165, 1.54) is 10.8 Å². The van der Waals surface area contributed by atoms with Gasteiger partial charge in [-0.2, -0.15) is 0 Å². The molecule has 0 aliphatic heterocycles. The van der Waals surface area contributed by atoms with Crippen LogP contribution in [-0.2, 0) is 11.3 Å². The van der Waals surface area contributed by atoms with Gasteiger partial charge >= 0.3 is 6.09 Å². The van der Waals surface area contributed by atoms with Crippen LogP contribution in [0.25, 0.3) is 10.9 Å². The Balaban J connectivity index is 1.91. The van der Waals surface area contributed by atoms with Crippen molar-refractivity contribution in [3.8, 4) is 0 Å². The first-order chi connectivity index (χ1) is 10.7. The van der Waals surface area contributed by atoms with E-state index in [0.29, 0.717) is 11.1 Å². The lowest BCUT2D eigenvalue weighted by molar-refractivity contribution is 0.112. The number of carbonyl (C=O) groups is 2. The Morgan fingerprint density at radius 2 is 1.91 bits per heavy atom. The first kappa shape index (κ1) is 14.1. The van der Waals surface area contributed by atoms with Gasteiger partial charge in [-0.25, -0.2) is 4.79 Å². The van der Waals surface area contributed by atoms with Gasteiger partial charge in [-0.3, -0.25) is 9.36 Å². The van der Waals surface area contributed by atoms with Crippen LogP contribution in [0.5, 0.6) is 0 Å². The van der Waals surface area contributed by atoms with Crippen LogP contribution in [-0.4, -0.2) is 16.9 Å². The first-order valence-corrected chi connectivity index (χ1v) is 6.97. The number of rotatable bonds is 3. The third-order valence-electron chi connectivity index (χ3n) is 3.60. The normalized spacial score (nSPS) is 10.6. The second-order valence-electron chi connectivity index (χ2n) is 5.08. The van der Waals surface area contributed by atoms with Crippen LogP contribution < -0.4 is 0 Å². The molecule has 4 heteroatoms. The van der Waals surface area contributed by atoms with Crippen molar-refractivity contribution in [2.45, 2.75) is 13.5 Å². The SMILES string of the molecule is Cc1cccc2c1c(C=O)cn2C(=O)OCc1ccccc1. The molecule has 0 N–H and O–H groups in total. The summed E-state index contributed by atoms with van der Waals surface area (Å²) in [6, 6.07) is 15.0. The second-order valence-corrected chi connectivity index (χ2v) is 5.08. The van der Waals surface area contributed by atoms with Crippen molar-refractivity contribution >= 4 is 23.3 Å². The molecule has 2 aromatic carbocycles. The molecule has 1 heterocycles. The van der Waals surface area contributed by atoms with Crippen LogP contribution in [0.4, 0.5) is 4.79 Å². The highest BCUT2D eigenvalue weighted by molar-refractivity contribution is 6.02. The van der Waals surface area contributed by atoms with E-state index in [-0.39, 0.29) is 6.61 Å². The Kier molecular flexibility index (Phi) is 3.74. The van der Waals surface area contributed by atoms with E-state index in [1.54, 1.807) is 6.07 Å². The summed E-state index contributed by atoms with van der Waals surface area (Å²) in [5, 5.41) is 0.786. The average Bonchev–Trinajstić information content (AvgIpc) is 2.94. The number of aromatic nitrogens is 1. The summed E-state index contributed by atoms with van der Waals surface area (Å²) in [6.45, 7) is 2.11. The van der Waals surface area contributed by atoms with Crippen molar-refractivity contribution < 1.29 is 14.3 Å². The zero-order chi connectivity index (χ0) is 15.5. The lowest BCUT2D eigenvalue weighted by atomic mass is 10.1. The van der Waals surface area contributed by atoms with Crippen LogP contribution in [0, 0.1) is 6.92 Å². The maximum absolute atomic E-state index is 12.3. The molecule has 0 spiro atoms. The lowest BCUT2D eigenvalue weighted by Gasteiger charge is -2.07. The Labute approximate surface area is 127 Å². The molecule has 0 amide bonds. The number of benzene rings is 2. The number of nitrogens with zero attached hydrogens (tertiary/aromatic N) is 1. The molecule has 3 rings (SSSR count). The highest BCUT2D eigenvalue weighted by Gasteiger charge is 2.15. The van der Waals surface area contributed by atoms with Gasteiger partial charge in [0.05, 0.1) is 5.52 Å².